The standard InChI is InChI=1S/C18H17BN2O4/c22-15-9-13-5-1-3-7-17(13)20(11-15)24-19-25-21-12-16(23)10-14-6-2-4-8-18(14)21/h1-8,19H,9-12H2. The molecular weight excluding hydrogens is 319 g/mol. The van der Waals surface area contributed by atoms with E-state index in [1.165, 1.54) is 0 Å². The van der Waals surface area contributed by atoms with Crippen LogP contribution in [-0.4, -0.2) is 32.3 Å². The van der Waals surface area contributed by atoms with Gasteiger partial charge in [0.1, 0.15) is 13.1 Å². The lowest BCUT2D eigenvalue weighted by Gasteiger charge is -2.32. The zero-order chi connectivity index (χ0) is 17.2. The second-order valence-electron chi connectivity index (χ2n) is 6.14. The molecule has 2 aromatic rings. The molecule has 0 radical (unpaired) electrons. The van der Waals surface area contributed by atoms with Gasteiger partial charge in [-0.1, -0.05) is 36.4 Å². The highest BCUT2D eigenvalue weighted by molar-refractivity contribution is 6.19. The molecule has 0 saturated heterocycles. The summed E-state index contributed by atoms with van der Waals surface area (Å²) in [5.41, 5.74) is 3.64. The van der Waals surface area contributed by atoms with Crippen molar-refractivity contribution in [2.45, 2.75) is 12.8 Å². The number of nitrogens with zero attached hydrogens (tertiary/aromatic N) is 2. The number of carbonyl (C=O) groups excluding carboxylic acids is 2. The van der Waals surface area contributed by atoms with Crippen LogP contribution >= 0.6 is 0 Å². The van der Waals surface area contributed by atoms with Crippen molar-refractivity contribution >= 4 is 30.6 Å². The molecular formula is C18H17BN2O4. The summed E-state index contributed by atoms with van der Waals surface area (Å²) in [6.07, 6.45) is 0.843. The van der Waals surface area contributed by atoms with Crippen LogP contribution in [0.4, 0.5) is 11.4 Å². The van der Waals surface area contributed by atoms with Gasteiger partial charge in [0.25, 0.3) is 0 Å². The molecule has 2 aliphatic heterocycles. The summed E-state index contributed by atoms with van der Waals surface area (Å²) in [6.45, 7) is 0.381. The van der Waals surface area contributed by atoms with Crippen molar-refractivity contribution in [3.05, 3.63) is 59.7 Å². The summed E-state index contributed by atoms with van der Waals surface area (Å²) in [7, 11) is -0.0801. The topological polar surface area (TPSA) is 59.1 Å². The Balaban J connectivity index is 1.43. The maximum atomic E-state index is 11.9. The minimum atomic E-state index is -0.0801. The first-order chi connectivity index (χ1) is 12.2. The van der Waals surface area contributed by atoms with E-state index in [0.29, 0.717) is 12.8 Å². The zero-order valence-electron chi connectivity index (χ0n) is 13.7. The van der Waals surface area contributed by atoms with Gasteiger partial charge < -0.3 is 0 Å². The lowest BCUT2D eigenvalue weighted by atomic mass is 10.0. The largest absolute Gasteiger partial charge is 0.488 e. The van der Waals surface area contributed by atoms with E-state index in [9.17, 15) is 9.59 Å². The Morgan fingerprint density at radius 1 is 0.720 bits per heavy atom. The lowest BCUT2D eigenvalue weighted by Crippen LogP contribution is -2.41. The van der Waals surface area contributed by atoms with Gasteiger partial charge in [0.2, 0.25) is 0 Å². The van der Waals surface area contributed by atoms with E-state index in [1.54, 1.807) is 10.1 Å². The number of hydrogen-bond acceptors (Lipinski definition) is 6. The molecule has 126 valence electrons. The van der Waals surface area contributed by atoms with Crippen molar-refractivity contribution in [3.8, 4) is 0 Å². The van der Waals surface area contributed by atoms with E-state index in [-0.39, 0.29) is 32.3 Å². The highest BCUT2D eigenvalue weighted by Crippen LogP contribution is 2.27. The van der Waals surface area contributed by atoms with Gasteiger partial charge in [-0.25, -0.2) is 0 Å². The number of para-hydroxylation sites is 2. The molecule has 0 N–H and O–H groups in total. The summed E-state index contributed by atoms with van der Waals surface area (Å²) in [4.78, 5) is 23.8. The molecule has 0 amide bonds. The maximum Gasteiger partial charge on any atom is 0.488 e. The van der Waals surface area contributed by atoms with Crippen molar-refractivity contribution in [2.24, 2.45) is 0 Å². The van der Waals surface area contributed by atoms with Crippen molar-refractivity contribution in [2.75, 3.05) is 23.2 Å². The third kappa shape index (κ3) is 3.29. The summed E-state index contributed by atoms with van der Waals surface area (Å²) < 4.78 is 11.3. The molecule has 0 fully saturated rings. The van der Waals surface area contributed by atoms with E-state index in [2.05, 4.69) is 0 Å². The minimum absolute atomic E-state index is 0.0801. The SMILES string of the molecule is O=C1Cc2ccccc2N(OBON2CC(=O)Cc3ccccc32)C1. The first-order valence-electron chi connectivity index (χ1n) is 8.21. The number of fused-ring (bicyclic) bond motifs is 2. The highest BCUT2D eigenvalue weighted by Gasteiger charge is 2.26. The number of Topliss-reactive ketones (excluding diaryl/α,β-unsaturated/α-hetero) is 2. The molecule has 0 spiro atoms. The van der Waals surface area contributed by atoms with Crippen molar-refractivity contribution < 1.29 is 19.1 Å². The number of carbonyl (C=O) groups is 2. The van der Waals surface area contributed by atoms with Crippen LogP contribution in [-0.2, 0) is 31.9 Å². The van der Waals surface area contributed by atoms with Crippen LogP contribution in [0.2, 0.25) is 0 Å². The van der Waals surface area contributed by atoms with E-state index < -0.39 is 0 Å². The third-order valence-corrected chi connectivity index (χ3v) is 4.35. The van der Waals surface area contributed by atoms with Gasteiger partial charge in [0, 0.05) is 12.8 Å². The molecule has 0 aliphatic carbocycles. The maximum absolute atomic E-state index is 11.9. The molecule has 25 heavy (non-hydrogen) atoms. The van der Waals surface area contributed by atoms with Crippen LogP contribution in [0, 0.1) is 0 Å². The Morgan fingerprint density at radius 3 is 1.64 bits per heavy atom. The monoisotopic (exact) mass is 336 g/mol. The van der Waals surface area contributed by atoms with Crippen LogP contribution in [0.25, 0.3) is 0 Å². The average Bonchev–Trinajstić information content (AvgIpc) is 2.61. The molecule has 0 bridgehead atoms. The molecule has 0 unspecified atom stereocenters. The number of hydroxylamine groups is 2. The quantitative estimate of drug-likeness (QED) is 0.787. The molecule has 0 atom stereocenters. The number of benzene rings is 2. The minimum Gasteiger partial charge on any atom is -0.300 e. The van der Waals surface area contributed by atoms with Gasteiger partial charge in [-0.05, 0) is 23.3 Å². The van der Waals surface area contributed by atoms with E-state index >= 15 is 0 Å². The van der Waals surface area contributed by atoms with E-state index in [1.807, 2.05) is 48.5 Å². The average molecular weight is 336 g/mol. The van der Waals surface area contributed by atoms with Crippen LogP contribution in [0.15, 0.2) is 48.5 Å². The fourth-order valence-electron chi connectivity index (χ4n) is 3.22. The summed E-state index contributed by atoms with van der Waals surface area (Å²) in [5, 5.41) is 3.11. The first-order valence-corrected chi connectivity index (χ1v) is 8.21. The van der Waals surface area contributed by atoms with Crippen molar-refractivity contribution in [1.29, 1.82) is 0 Å². The Labute approximate surface area is 146 Å². The van der Waals surface area contributed by atoms with Gasteiger partial charge >= 0.3 is 7.69 Å². The van der Waals surface area contributed by atoms with Crippen molar-refractivity contribution in [1.82, 2.24) is 0 Å². The van der Waals surface area contributed by atoms with Gasteiger partial charge in [-0.15, -0.1) is 0 Å². The van der Waals surface area contributed by atoms with E-state index in [4.69, 9.17) is 9.51 Å². The van der Waals surface area contributed by atoms with Gasteiger partial charge in [0.15, 0.2) is 11.6 Å². The molecule has 7 heteroatoms. The fraction of sp³-hybridized carbons (Fsp3) is 0.222. The number of ketones is 2. The lowest BCUT2D eigenvalue weighted by molar-refractivity contribution is -0.118. The summed E-state index contributed by atoms with van der Waals surface area (Å²) >= 11 is 0. The summed E-state index contributed by atoms with van der Waals surface area (Å²) in [6, 6.07) is 15.3. The molecule has 0 saturated carbocycles. The predicted molar refractivity (Wildman–Crippen MR) is 94.3 cm³/mol. The Kier molecular flexibility index (Phi) is 4.25. The Bertz CT molecular complexity index is 759. The zero-order valence-corrected chi connectivity index (χ0v) is 13.7. The molecule has 6 nitrogen and oxygen atoms in total. The number of rotatable bonds is 4. The van der Waals surface area contributed by atoms with E-state index in [0.717, 1.165) is 22.5 Å². The van der Waals surface area contributed by atoms with Gasteiger partial charge in [-0.3, -0.25) is 29.2 Å². The van der Waals surface area contributed by atoms with Crippen LogP contribution in [0.3, 0.4) is 0 Å². The first kappa shape index (κ1) is 15.9. The Hall–Kier alpha value is -2.64. The molecule has 2 heterocycles. The van der Waals surface area contributed by atoms with Crippen LogP contribution < -0.4 is 10.1 Å². The molecule has 2 aromatic carbocycles. The summed E-state index contributed by atoms with van der Waals surface area (Å²) in [5.74, 6) is 0.189. The Morgan fingerprint density at radius 2 is 1.16 bits per heavy atom. The normalized spacial score (nSPS) is 16.5. The number of hydrogen-bond donors (Lipinski definition) is 0. The van der Waals surface area contributed by atoms with Crippen LogP contribution in [0.5, 0.6) is 0 Å². The van der Waals surface area contributed by atoms with Crippen molar-refractivity contribution in [3.63, 3.8) is 0 Å². The highest BCUT2D eigenvalue weighted by atomic mass is 16.8. The molecule has 2 aliphatic rings. The molecule has 4 rings (SSSR count). The fourth-order valence-corrected chi connectivity index (χ4v) is 3.22. The van der Waals surface area contributed by atoms with Gasteiger partial charge in [-0.2, -0.15) is 0 Å². The number of anilines is 2. The van der Waals surface area contributed by atoms with Crippen LogP contribution in [0.1, 0.15) is 11.1 Å². The predicted octanol–water partition coefficient (Wildman–Crippen LogP) is 1.38. The second kappa shape index (κ2) is 6.70. The molecule has 0 aromatic heterocycles. The smallest absolute Gasteiger partial charge is 0.300 e. The van der Waals surface area contributed by atoms with Gasteiger partial charge in [0.05, 0.1) is 11.4 Å². The second-order valence-corrected chi connectivity index (χ2v) is 6.14. The third-order valence-electron chi connectivity index (χ3n) is 4.35.